The van der Waals surface area contributed by atoms with E-state index >= 15 is 0 Å². The monoisotopic (exact) mass is 418 g/mol. The summed E-state index contributed by atoms with van der Waals surface area (Å²) in [6, 6.07) is 14.6. The third-order valence-corrected chi connectivity index (χ3v) is 5.94. The first-order chi connectivity index (χ1) is 13.9. The lowest BCUT2D eigenvalue weighted by Gasteiger charge is -2.19. The van der Waals surface area contributed by atoms with E-state index in [1.54, 1.807) is 49.4 Å². The number of esters is 1. The van der Waals surface area contributed by atoms with Crippen molar-refractivity contribution in [3.05, 3.63) is 60.2 Å². The molecule has 0 radical (unpaired) electrons. The van der Waals surface area contributed by atoms with Gasteiger partial charge in [-0.2, -0.15) is 0 Å². The van der Waals surface area contributed by atoms with Gasteiger partial charge in [-0.1, -0.05) is 18.2 Å². The normalized spacial score (nSPS) is 18.8. The van der Waals surface area contributed by atoms with E-state index in [9.17, 15) is 18.0 Å². The molecule has 0 aromatic heterocycles. The molecule has 29 heavy (non-hydrogen) atoms. The Labute approximate surface area is 168 Å². The molecule has 2 unspecified atom stereocenters. The van der Waals surface area contributed by atoms with Gasteiger partial charge in [-0.3, -0.25) is 14.9 Å². The summed E-state index contributed by atoms with van der Waals surface area (Å²) in [5, 5.41) is 1.53. The smallest absolute Gasteiger partial charge is 0.338 e. The Morgan fingerprint density at radius 2 is 1.76 bits per heavy atom. The highest BCUT2D eigenvalue weighted by Crippen LogP contribution is 2.20. The molecule has 1 aliphatic rings. The molecule has 10 heteroatoms. The number of benzene rings is 2. The van der Waals surface area contributed by atoms with Gasteiger partial charge in [0.1, 0.15) is 0 Å². The van der Waals surface area contributed by atoms with Crippen LogP contribution < -0.4 is 20.9 Å². The van der Waals surface area contributed by atoms with Gasteiger partial charge in [0.15, 0.2) is 5.37 Å². The number of nitrogens with one attached hydrogen (secondary N) is 4. The second kappa shape index (κ2) is 9.03. The van der Waals surface area contributed by atoms with Crippen molar-refractivity contribution in [2.45, 2.75) is 12.3 Å². The van der Waals surface area contributed by atoms with Gasteiger partial charge in [0.25, 0.3) is 10.0 Å². The van der Waals surface area contributed by atoms with E-state index in [4.69, 9.17) is 4.74 Å². The van der Waals surface area contributed by atoms with Crippen molar-refractivity contribution >= 4 is 33.3 Å². The number of sulfonamides is 1. The topological polar surface area (TPSA) is 126 Å². The maximum Gasteiger partial charge on any atom is 0.338 e. The Kier molecular flexibility index (Phi) is 6.47. The molecule has 9 nitrogen and oxygen atoms in total. The first-order valence-electron chi connectivity index (χ1n) is 9.04. The molecule has 154 valence electrons. The fraction of sp³-hybridized carbons (Fsp3) is 0.263. The van der Waals surface area contributed by atoms with Crippen molar-refractivity contribution in [1.82, 2.24) is 10.9 Å². The molecule has 1 amide bonds. The molecule has 2 aromatic rings. The average Bonchev–Trinajstić information content (AvgIpc) is 3.20. The standard InChI is InChI=1S/C19H22N4O5S/c1-2-28-19(25)13-8-10-14(11-9-13)21-17(24)16-12-20-22-18(16)29(26,27)23-15-6-4-3-5-7-15/h3-11,16,18,20,22-23H,2,12H2,1H3,(H,21,24). The van der Waals surface area contributed by atoms with Crippen LogP contribution >= 0.6 is 0 Å². The molecule has 1 heterocycles. The summed E-state index contributed by atoms with van der Waals surface area (Å²) < 4.78 is 32.8. The van der Waals surface area contributed by atoms with Gasteiger partial charge in [0.05, 0.1) is 18.1 Å². The van der Waals surface area contributed by atoms with Crippen LogP contribution in [0.25, 0.3) is 0 Å². The second-order valence-electron chi connectivity index (χ2n) is 6.35. The molecule has 0 bridgehead atoms. The van der Waals surface area contributed by atoms with Crippen molar-refractivity contribution < 1.29 is 22.7 Å². The molecule has 1 aliphatic heterocycles. The maximum absolute atomic E-state index is 12.7. The van der Waals surface area contributed by atoms with E-state index in [1.165, 1.54) is 12.1 Å². The minimum Gasteiger partial charge on any atom is -0.462 e. The van der Waals surface area contributed by atoms with Gasteiger partial charge >= 0.3 is 5.97 Å². The van der Waals surface area contributed by atoms with Crippen LogP contribution in [0.2, 0.25) is 0 Å². The number of ether oxygens (including phenoxy) is 1. The fourth-order valence-electron chi connectivity index (χ4n) is 2.87. The summed E-state index contributed by atoms with van der Waals surface area (Å²) in [7, 11) is -3.87. The minimum atomic E-state index is -3.87. The zero-order valence-electron chi connectivity index (χ0n) is 15.7. The molecular weight excluding hydrogens is 396 g/mol. The van der Waals surface area contributed by atoms with Crippen molar-refractivity contribution in [2.75, 3.05) is 23.2 Å². The van der Waals surface area contributed by atoms with Gasteiger partial charge in [-0.05, 0) is 43.3 Å². The van der Waals surface area contributed by atoms with Crippen molar-refractivity contribution in [3.8, 4) is 0 Å². The number of hydrogen-bond donors (Lipinski definition) is 4. The van der Waals surface area contributed by atoms with E-state index in [2.05, 4.69) is 20.9 Å². The van der Waals surface area contributed by atoms with E-state index in [1.807, 2.05) is 0 Å². The lowest BCUT2D eigenvalue weighted by atomic mass is 10.1. The summed E-state index contributed by atoms with van der Waals surface area (Å²) in [5.41, 5.74) is 6.60. The third-order valence-electron chi connectivity index (χ3n) is 4.30. The number of carbonyl (C=O) groups is 2. The second-order valence-corrected chi connectivity index (χ2v) is 8.15. The molecule has 2 atom stereocenters. The van der Waals surface area contributed by atoms with Crippen molar-refractivity contribution in [3.63, 3.8) is 0 Å². The number of amides is 1. The Bertz CT molecular complexity index is 964. The van der Waals surface area contributed by atoms with E-state index < -0.39 is 33.2 Å². The van der Waals surface area contributed by atoms with Crippen molar-refractivity contribution in [1.29, 1.82) is 0 Å². The molecule has 0 aliphatic carbocycles. The SMILES string of the molecule is CCOC(=O)c1ccc(NC(=O)C2CNNC2S(=O)(=O)Nc2ccccc2)cc1. The molecule has 1 saturated heterocycles. The van der Waals surface area contributed by atoms with Crippen LogP contribution in [-0.2, 0) is 19.6 Å². The van der Waals surface area contributed by atoms with E-state index in [0.29, 0.717) is 16.9 Å². The molecular formula is C19H22N4O5S. The zero-order chi connectivity index (χ0) is 20.9. The zero-order valence-corrected chi connectivity index (χ0v) is 16.5. The molecule has 2 aromatic carbocycles. The van der Waals surface area contributed by atoms with Gasteiger partial charge in [-0.15, -0.1) is 0 Å². The fourth-order valence-corrected chi connectivity index (χ4v) is 4.36. The van der Waals surface area contributed by atoms with Gasteiger partial charge in [-0.25, -0.2) is 18.6 Å². The molecule has 4 N–H and O–H groups in total. The number of anilines is 2. The number of hydrazine groups is 1. The largest absolute Gasteiger partial charge is 0.462 e. The predicted molar refractivity (Wildman–Crippen MR) is 108 cm³/mol. The van der Waals surface area contributed by atoms with Gasteiger partial charge in [0, 0.05) is 17.9 Å². The quantitative estimate of drug-likeness (QED) is 0.499. The molecule has 1 fully saturated rings. The van der Waals surface area contributed by atoms with Crippen LogP contribution in [0.1, 0.15) is 17.3 Å². The van der Waals surface area contributed by atoms with Crippen molar-refractivity contribution in [2.24, 2.45) is 5.92 Å². The number of carbonyl (C=O) groups excluding carboxylic acids is 2. The summed E-state index contributed by atoms with van der Waals surface area (Å²) in [5.74, 6) is -1.77. The van der Waals surface area contributed by atoms with Gasteiger partial charge < -0.3 is 10.1 Å². The predicted octanol–water partition coefficient (Wildman–Crippen LogP) is 1.29. The lowest BCUT2D eigenvalue weighted by Crippen LogP contribution is -2.45. The number of para-hydroxylation sites is 1. The summed E-state index contributed by atoms with van der Waals surface area (Å²) in [6.45, 7) is 2.13. The Morgan fingerprint density at radius 1 is 1.07 bits per heavy atom. The first-order valence-corrected chi connectivity index (χ1v) is 10.6. The number of rotatable bonds is 7. The molecule has 0 spiro atoms. The highest BCUT2D eigenvalue weighted by atomic mass is 32.2. The van der Waals surface area contributed by atoms with E-state index in [0.717, 1.165) is 0 Å². The van der Waals surface area contributed by atoms with Gasteiger partial charge in [0.2, 0.25) is 5.91 Å². The van der Waals surface area contributed by atoms with Crippen LogP contribution in [0.15, 0.2) is 54.6 Å². The first kappa shape index (κ1) is 20.8. The van der Waals surface area contributed by atoms with Crippen LogP contribution in [0.4, 0.5) is 11.4 Å². The highest BCUT2D eigenvalue weighted by molar-refractivity contribution is 7.93. The summed E-state index contributed by atoms with van der Waals surface area (Å²) >= 11 is 0. The summed E-state index contributed by atoms with van der Waals surface area (Å²) in [6.07, 6.45) is 0. The Balaban J connectivity index is 1.67. The van der Waals surface area contributed by atoms with Crippen LogP contribution in [0.5, 0.6) is 0 Å². The lowest BCUT2D eigenvalue weighted by molar-refractivity contribution is -0.119. The van der Waals surface area contributed by atoms with E-state index in [-0.39, 0.29) is 13.2 Å². The molecule has 0 saturated carbocycles. The summed E-state index contributed by atoms with van der Waals surface area (Å²) in [4.78, 5) is 24.4. The maximum atomic E-state index is 12.7. The van der Waals surface area contributed by atoms with Crippen LogP contribution in [0, 0.1) is 5.92 Å². The highest BCUT2D eigenvalue weighted by Gasteiger charge is 2.41. The van der Waals surface area contributed by atoms with Crippen LogP contribution in [-0.4, -0.2) is 38.8 Å². The molecule has 3 rings (SSSR count). The minimum absolute atomic E-state index is 0.146. The average molecular weight is 418 g/mol. The number of hydrogen-bond acceptors (Lipinski definition) is 7. The van der Waals surface area contributed by atoms with Crippen LogP contribution in [0.3, 0.4) is 0 Å². The Morgan fingerprint density at radius 3 is 2.41 bits per heavy atom. The Hall–Kier alpha value is -2.95. The third kappa shape index (κ3) is 5.11.